The summed E-state index contributed by atoms with van der Waals surface area (Å²) in [6.07, 6.45) is 4.83. The Morgan fingerprint density at radius 2 is 1.68 bits per heavy atom. The predicted octanol–water partition coefficient (Wildman–Crippen LogP) is 3.96. The van der Waals surface area contributed by atoms with Crippen molar-refractivity contribution >= 4 is 34.2 Å². The third-order valence-electron chi connectivity index (χ3n) is 5.71. The van der Waals surface area contributed by atoms with E-state index >= 15 is 0 Å². The number of methoxy groups -OCH3 is 1. The Hall–Kier alpha value is -3.61. The van der Waals surface area contributed by atoms with Gasteiger partial charge in [0.2, 0.25) is 0 Å². The topological polar surface area (TPSA) is 88.8 Å². The van der Waals surface area contributed by atoms with Crippen molar-refractivity contribution in [1.82, 2.24) is 0 Å². The minimum atomic E-state index is -0.683. The van der Waals surface area contributed by atoms with Crippen LogP contribution in [0.15, 0.2) is 57.7 Å². The van der Waals surface area contributed by atoms with Gasteiger partial charge < -0.3 is 19.4 Å². The highest BCUT2D eigenvalue weighted by Gasteiger charge is 2.39. The minimum Gasteiger partial charge on any atom is -0.465 e. The molecule has 0 saturated heterocycles. The number of nitrogens with one attached hydrogen (secondary N) is 1. The van der Waals surface area contributed by atoms with Crippen molar-refractivity contribution < 1.29 is 18.7 Å². The van der Waals surface area contributed by atoms with Gasteiger partial charge in [0.05, 0.1) is 12.7 Å². The predicted molar refractivity (Wildman–Crippen MR) is 117 cm³/mol. The summed E-state index contributed by atoms with van der Waals surface area (Å²) >= 11 is 0. The summed E-state index contributed by atoms with van der Waals surface area (Å²) < 4.78 is 10.2. The number of amides is 1. The van der Waals surface area contributed by atoms with E-state index in [1.54, 1.807) is 18.2 Å². The van der Waals surface area contributed by atoms with E-state index in [2.05, 4.69) is 15.0 Å². The molecule has 7 heteroatoms. The van der Waals surface area contributed by atoms with Gasteiger partial charge in [-0.2, -0.15) is 0 Å². The molecular weight excluding hydrogens is 396 g/mol. The molecule has 0 spiro atoms. The molecule has 0 radical (unpaired) electrons. The second-order valence-corrected chi connectivity index (χ2v) is 8.06. The van der Waals surface area contributed by atoms with E-state index in [0.717, 1.165) is 5.69 Å². The zero-order valence-corrected chi connectivity index (χ0v) is 17.1. The highest BCUT2D eigenvalue weighted by Crippen LogP contribution is 2.41. The monoisotopic (exact) mass is 418 g/mol. The Kier molecular flexibility index (Phi) is 4.73. The van der Waals surface area contributed by atoms with Gasteiger partial charge >= 0.3 is 11.6 Å². The number of hydrogen-bond acceptors (Lipinski definition) is 6. The number of ether oxygens (including phenoxy) is 1. The molecule has 5 rings (SSSR count). The summed E-state index contributed by atoms with van der Waals surface area (Å²) in [5, 5.41) is 3.36. The van der Waals surface area contributed by atoms with E-state index in [9.17, 15) is 14.4 Å². The molecule has 158 valence electrons. The summed E-state index contributed by atoms with van der Waals surface area (Å²) in [5.74, 6) is -1.03. The number of fused-ring (bicyclic) bond motifs is 1. The summed E-state index contributed by atoms with van der Waals surface area (Å²) in [6.45, 7) is 0. The summed E-state index contributed by atoms with van der Waals surface area (Å²) in [6, 6.07) is 14.8. The number of nitrogens with zero attached hydrogens (tertiary/aromatic N) is 1. The summed E-state index contributed by atoms with van der Waals surface area (Å²) in [5.41, 5.74) is 1.62. The third kappa shape index (κ3) is 3.91. The highest BCUT2D eigenvalue weighted by atomic mass is 16.5. The molecule has 1 amide bonds. The summed E-state index contributed by atoms with van der Waals surface area (Å²) in [4.78, 5) is 39.1. The molecule has 2 fully saturated rings. The number of carbonyl (C=O) groups is 2. The molecule has 1 aromatic heterocycles. The van der Waals surface area contributed by atoms with Crippen molar-refractivity contribution in [1.29, 1.82) is 0 Å². The van der Waals surface area contributed by atoms with Crippen molar-refractivity contribution in [3.63, 3.8) is 0 Å². The van der Waals surface area contributed by atoms with Gasteiger partial charge in [-0.05, 0) is 68.1 Å². The first kappa shape index (κ1) is 19.4. The van der Waals surface area contributed by atoms with Crippen LogP contribution in [0.3, 0.4) is 0 Å². The number of anilines is 2. The molecule has 0 aliphatic heterocycles. The molecule has 0 atom stereocenters. The third-order valence-corrected chi connectivity index (χ3v) is 5.71. The maximum atomic E-state index is 12.7. The molecule has 2 aromatic carbocycles. The van der Waals surface area contributed by atoms with Gasteiger partial charge in [-0.1, -0.05) is 0 Å². The van der Waals surface area contributed by atoms with Gasteiger partial charge in [0.1, 0.15) is 11.1 Å². The van der Waals surface area contributed by atoms with Crippen molar-refractivity contribution in [2.45, 2.75) is 37.8 Å². The van der Waals surface area contributed by atoms with E-state index in [-0.39, 0.29) is 5.56 Å². The quantitative estimate of drug-likeness (QED) is 0.481. The van der Waals surface area contributed by atoms with Crippen molar-refractivity contribution in [2.75, 3.05) is 17.3 Å². The normalized spacial score (nSPS) is 15.5. The zero-order valence-electron chi connectivity index (χ0n) is 17.1. The van der Waals surface area contributed by atoms with Gasteiger partial charge in [0.25, 0.3) is 5.91 Å². The number of carbonyl (C=O) groups excluding carboxylic acids is 2. The molecule has 2 aliphatic rings. The number of benzene rings is 2. The first-order chi connectivity index (χ1) is 15.0. The lowest BCUT2D eigenvalue weighted by Gasteiger charge is -2.24. The summed E-state index contributed by atoms with van der Waals surface area (Å²) in [7, 11) is 1.30. The molecule has 1 N–H and O–H groups in total. The van der Waals surface area contributed by atoms with Crippen LogP contribution in [0.25, 0.3) is 11.0 Å². The molecule has 2 saturated carbocycles. The van der Waals surface area contributed by atoms with Gasteiger partial charge in [0.15, 0.2) is 0 Å². The minimum absolute atomic E-state index is 0.0708. The SMILES string of the molecule is COC(=O)c1ccc(NC(=O)c2cc3ccc(N(C4CC4)C4CC4)cc3oc2=O)cc1. The fraction of sp³-hybridized carbons (Fsp3) is 0.292. The largest absolute Gasteiger partial charge is 0.465 e. The second-order valence-electron chi connectivity index (χ2n) is 8.06. The molecular formula is C24H22N2O5. The van der Waals surface area contributed by atoms with Crippen LogP contribution >= 0.6 is 0 Å². The fourth-order valence-electron chi connectivity index (χ4n) is 3.85. The molecule has 2 aliphatic carbocycles. The molecule has 3 aromatic rings. The number of esters is 1. The Labute approximate surface area is 178 Å². The van der Waals surface area contributed by atoms with Crippen LogP contribution < -0.4 is 15.8 Å². The molecule has 31 heavy (non-hydrogen) atoms. The lowest BCUT2D eigenvalue weighted by atomic mass is 10.1. The Balaban J connectivity index is 1.39. The fourth-order valence-corrected chi connectivity index (χ4v) is 3.85. The Morgan fingerprint density at radius 3 is 2.29 bits per heavy atom. The Morgan fingerprint density at radius 1 is 1.00 bits per heavy atom. The van der Waals surface area contributed by atoms with Gasteiger partial charge in [-0.15, -0.1) is 0 Å². The van der Waals surface area contributed by atoms with Gasteiger partial charge in [0, 0.05) is 34.9 Å². The molecule has 0 unspecified atom stereocenters. The van der Waals surface area contributed by atoms with Gasteiger partial charge in [-0.3, -0.25) is 4.79 Å². The van der Waals surface area contributed by atoms with Crippen molar-refractivity contribution in [3.8, 4) is 0 Å². The van der Waals surface area contributed by atoms with E-state index in [4.69, 9.17) is 4.42 Å². The maximum absolute atomic E-state index is 12.7. The van der Waals surface area contributed by atoms with Crippen LogP contribution in [0.4, 0.5) is 11.4 Å². The van der Waals surface area contributed by atoms with E-state index in [1.807, 2.05) is 18.2 Å². The molecule has 7 nitrogen and oxygen atoms in total. The van der Waals surface area contributed by atoms with Gasteiger partial charge in [-0.25, -0.2) is 9.59 Å². The number of rotatable bonds is 6. The Bertz CT molecular complexity index is 1210. The van der Waals surface area contributed by atoms with Crippen LogP contribution in [-0.4, -0.2) is 31.1 Å². The molecule has 1 heterocycles. The lowest BCUT2D eigenvalue weighted by molar-refractivity contribution is 0.0600. The smallest absolute Gasteiger partial charge is 0.349 e. The maximum Gasteiger partial charge on any atom is 0.349 e. The van der Waals surface area contributed by atoms with Crippen molar-refractivity contribution in [3.05, 3.63) is 70.1 Å². The average molecular weight is 418 g/mol. The van der Waals surface area contributed by atoms with Crippen LogP contribution in [0.5, 0.6) is 0 Å². The first-order valence-corrected chi connectivity index (χ1v) is 10.4. The zero-order chi connectivity index (χ0) is 21.5. The first-order valence-electron chi connectivity index (χ1n) is 10.4. The molecule has 0 bridgehead atoms. The highest BCUT2D eigenvalue weighted by molar-refractivity contribution is 6.05. The lowest BCUT2D eigenvalue weighted by Crippen LogP contribution is -2.27. The van der Waals surface area contributed by atoms with Crippen LogP contribution in [0.2, 0.25) is 0 Å². The van der Waals surface area contributed by atoms with E-state index in [1.165, 1.54) is 44.9 Å². The second kappa shape index (κ2) is 7.58. The van der Waals surface area contributed by atoms with E-state index < -0.39 is 17.5 Å². The van der Waals surface area contributed by atoms with Crippen LogP contribution in [-0.2, 0) is 4.74 Å². The standard InChI is InChI=1S/C24H22N2O5/c1-30-23(28)14-2-5-16(6-3-14)25-22(27)20-12-15-4-7-19(13-21(15)31-24(20)29)26(17-8-9-17)18-10-11-18/h2-7,12-13,17-18H,8-11H2,1H3,(H,25,27). The van der Waals surface area contributed by atoms with Crippen LogP contribution in [0, 0.1) is 0 Å². The van der Waals surface area contributed by atoms with E-state index in [0.29, 0.717) is 34.3 Å². The van der Waals surface area contributed by atoms with Crippen LogP contribution in [0.1, 0.15) is 46.4 Å². The number of hydrogen-bond donors (Lipinski definition) is 1. The average Bonchev–Trinajstić information content (AvgIpc) is 3.69. The van der Waals surface area contributed by atoms with Crippen molar-refractivity contribution in [2.24, 2.45) is 0 Å².